The van der Waals surface area contributed by atoms with E-state index in [2.05, 4.69) is 4.90 Å². The van der Waals surface area contributed by atoms with Crippen LogP contribution in [0, 0.1) is 11.2 Å². The molecule has 1 saturated heterocycles. The molecule has 0 bridgehead atoms. The highest BCUT2D eigenvalue weighted by atomic mass is 32.2. The molecule has 0 saturated carbocycles. The van der Waals surface area contributed by atoms with Gasteiger partial charge in [-0.25, -0.2) is 4.39 Å². The molecular weight excluding hydrogens is 289 g/mol. The summed E-state index contributed by atoms with van der Waals surface area (Å²) in [5.74, 6) is 0.0238. The van der Waals surface area contributed by atoms with Crippen LogP contribution in [0.15, 0.2) is 29.2 Å². The first-order valence-electron chi connectivity index (χ1n) is 7.40. The van der Waals surface area contributed by atoms with Gasteiger partial charge in [-0.1, -0.05) is 13.3 Å². The number of carbonyl (C=O) groups is 1. The van der Waals surface area contributed by atoms with E-state index in [9.17, 15) is 14.3 Å². The fraction of sp³-hybridized carbons (Fsp3) is 0.562. The Morgan fingerprint density at radius 2 is 2.14 bits per heavy atom. The summed E-state index contributed by atoms with van der Waals surface area (Å²) in [6, 6.07) is 6.50. The average Bonchev–Trinajstić information content (AvgIpc) is 2.86. The summed E-state index contributed by atoms with van der Waals surface area (Å²) < 4.78 is 12.8. The van der Waals surface area contributed by atoms with E-state index in [0.717, 1.165) is 43.0 Å². The fourth-order valence-corrected chi connectivity index (χ4v) is 3.85. The van der Waals surface area contributed by atoms with Gasteiger partial charge in [0.15, 0.2) is 0 Å². The third-order valence-electron chi connectivity index (χ3n) is 4.10. The molecule has 2 rings (SSSR count). The molecule has 1 aliphatic heterocycles. The van der Waals surface area contributed by atoms with Crippen molar-refractivity contribution in [1.29, 1.82) is 0 Å². The van der Waals surface area contributed by atoms with Gasteiger partial charge in [0, 0.05) is 23.7 Å². The number of benzene rings is 1. The summed E-state index contributed by atoms with van der Waals surface area (Å²) in [6.07, 6.45) is 2.41. The molecule has 1 atom stereocenters. The third kappa shape index (κ3) is 4.20. The van der Waals surface area contributed by atoms with E-state index >= 15 is 0 Å². The van der Waals surface area contributed by atoms with E-state index in [1.165, 1.54) is 12.1 Å². The van der Waals surface area contributed by atoms with Crippen LogP contribution < -0.4 is 0 Å². The zero-order chi connectivity index (χ0) is 15.3. The van der Waals surface area contributed by atoms with Gasteiger partial charge in [0.2, 0.25) is 0 Å². The second-order valence-electron chi connectivity index (χ2n) is 5.66. The van der Waals surface area contributed by atoms with E-state index in [0.29, 0.717) is 6.54 Å². The van der Waals surface area contributed by atoms with Crippen molar-refractivity contribution < 1.29 is 14.3 Å². The highest BCUT2D eigenvalue weighted by molar-refractivity contribution is 7.99. The summed E-state index contributed by atoms with van der Waals surface area (Å²) in [5.41, 5.74) is -0.546. The number of likely N-dealkylation sites (tertiary alicyclic amines) is 1. The first-order chi connectivity index (χ1) is 10.1. The number of thioether (sulfide) groups is 1. The molecular formula is C16H22FNO2S. The molecule has 1 aromatic rings. The Morgan fingerprint density at radius 1 is 1.43 bits per heavy atom. The number of rotatable bonds is 7. The van der Waals surface area contributed by atoms with Crippen molar-refractivity contribution in [2.75, 3.05) is 25.4 Å². The topological polar surface area (TPSA) is 40.5 Å². The van der Waals surface area contributed by atoms with Crippen molar-refractivity contribution in [3.05, 3.63) is 30.1 Å². The summed E-state index contributed by atoms with van der Waals surface area (Å²) in [6.45, 7) is 4.43. The second kappa shape index (κ2) is 7.27. The van der Waals surface area contributed by atoms with Crippen molar-refractivity contribution in [2.24, 2.45) is 5.41 Å². The molecule has 21 heavy (non-hydrogen) atoms. The second-order valence-corrected chi connectivity index (χ2v) is 6.83. The van der Waals surface area contributed by atoms with Gasteiger partial charge in [-0.15, -0.1) is 11.8 Å². The largest absolute Gasteiger partial charge is 0.481 e. The maximum atomic E-state index is 12.8. The summed E-state index contributed by atoms with van der Waals surface area (Å²) in [4.78, 5) is 14.8. The van der Waals surface area contributed by atoms with E-state index in [4.69, 9.17) is 0 Å². The number of aliphatic carboxylic acids is 1. The van der Waals surface area contributed by atoms with Crippen molar-refractivity contribution >= 4 is 17.7 Å². The number of hydrogen-bond donors (Lipinski definition) is 1. The van der Waals surface area contributed by atoms with Crippen LogP contribution in [0.5, 0.6) is 0 Å². The Kier molecular flexibility index (Phi) is 5.65. The normalized spacial score (nSPS) is 22.6. The van der Waals surface area contributed by atoms with Gasteiger partial charge in [-0.05, 0) is 43.7 Å². The van der Waals surface area contributed by atoms with Crippen LogP contribution in [-0.4, -0.2) is 41.4 Å². The van der Waals surface area contributed by atoms with Crippen LogP contribution >= 0.6 is 11.8 Å². The standard InChI is InChI=1S/C16H22FNO2S/c1-2-7-16(15(19)20)8-9-18(12-16)10-11-21-14-5-3-13(17)4-6-14/h3-6H,2,7-12H2,1H3,(H,19,20). The highest BCUT2D eigenvalue weighted by Gasteiger charge is 2.43. The number of nitrogens with zero attached hydrogens (tertiary/aromatic N) is 1. The van der Waals surface area contributed by atoms with Gasteiger partial charge < -0.3 is 10.0 Å². The molecule has 0 amide bonds. The molecule has 1 fully saturated rings. The van der Waals surface area contributed by atoms with Gasteiger partial charge >= 0.3 is 5.97 Å². The Hall–Kier alpha value is -1.07. The van der Waals surface area contributed by atoms with Crippen LogP contribution in [0.4, 0.5) is 4.39 Å². The lowest BCUT2D eigenvalue weighted by atomic mass is 9.83. The fourth-order valence-electron chi connectivity index (χ4n) is 2.94. The lowest BCUT2D eigenvalue weighted by molar-refractivity contribution is -0.148. The minimum atomic E-state index is -0.655. The zero-order valence-corrected chi connectivity index (χ0v) is 13.2. The van der Waals surface area contributed by atoms with E-state index in [-0.39, 0.29) is 5.82 Å². The van der Waals surface area contributed by atoms with Crippen LogP contribution in [0.1, 0.15) is 26.2 Å². The maximum Gasteiger partial charge on any atom is 0.310 e. The van der Waals surface area contributed by atoms with Crippen molar-refractivity contribution in [2.45, 2.75) is 31.1 Å². The third-order valence-corrected chi connectivity index (χ3v) is 5.10. The molecule has 116 valence electrons. The monoisotopic (exact) mass is 311 g/mol. The average molecular weight is 311 g/mol. The van der Waals surface area contributed by atoms with Gasteiger partial charge in [-0.2, -0.15) is 0 Å². The van der Waals surface area contributed by atoms with E-state index in [1.54, 1.807) is 23.9 Å². The number of hydrogen-bond acceptors (Lipinski definition) is 3. The van der Waals surface area contributed by atoms with Crippen LogP contribution in [0.25, 0.3) is 0 Å². The molecule has 1 aromatic carbocycles. The lowest BCUT2D eigenvalue weighted by Gasteiger charge is -2.24. The first kappa shape index (κ1) is 16.3. The molecule has 0 radical (unpaired) electrons. The minimum Gasteiger partial charge on any atom is -0.481 e. The van der Waals surface area contributed by atoms with Gasteiger partial charge in [0.25, 0.3) is 0 Å². The molecule has 0 aliphatic carbocycles. The van der Waals surface area contributed by atoms with Crippen molar-refractivity contribution in [1.82, 2.24) is 4.90 Å². The molecule has 0 spiro atoms. The van der Waals surface area contributed by atoms with Gasteiger partial charge in [0.05, 0.1) is 5.41 Å². The Balaban J connectivity index is 1.80. The summed E-state index contributed by atoms with van der Waals surface area (Å²) in [7, 11) is 0. The predicted octanol–water partition coefficient (Wildman–Crippen LogP) is 3.49. The smallest absolute Gasteiger partial charge is 0.310 e. The quantitative estimate of drug-likeness (QED) is 0.783. The molecule has 1 N–H and O–H groups in total. The Morgan fingerprint density at radius 3 is 2.76 bits per heavy atom. The predicted molar refractivity (Wildman–Crippen MR) is 83.2 cm³/mol. The Bertz CT molecular complexity index is 480. The van der Waals surface area contributed by atoms with Crippen LogP contribution in [0.2, 0.25) is 0 Å². The van der Waals surface area contributed by atoms with Crippen LogP contribution in [-0.2, 0) is 4.79 Å². The molecule has 1 unspecified atom stereocenters. The molecule has 3 nitrogen and oxygen atoms in total. The minimum absolute atomic E-state index is 0.218. The van der Waals surface area contributed by atoms with Crippen molar-refractivity contribution in [3.8, 4) is 0 Å². The molecule has 1 aliphatic rings. The molecule has 1 heterocycles. The van der Waals surface area contributed by atoms with E-state index < -0.39 is 11.4 Å². The van der Waals surface area contributed by atoms with Crippen molar-refractivity contribution in [3.63, 3.8) is 0 Å². The lowest BCUT2D eigenvalue weighted by Crippen LogP contribution is -2.35. The SMILES string of the molecule is CCCC1(C(=O)O)CCN(CCSc2ccc(F)cc2)C1. The number of carboxylic acids is 1. The first-order valence-corrected chi connectivity index (χ1v) is 8.38. The van der Waals surface area contributed by atoms with Gasteiger partial charge in [0.1, 0.15) is 5.82 Å². The maximum absolute atomic E-state index is 12.8. The van der Waals surface area contributed by atoms with E-state index in [1.807, 2.05) is 6.92 Å². The van der Waals surface area contributed by atoms with Gasteiger partial charge in [-0.3, -0.25) is 4.79 Å². The highest BCUT2D eigenvalue weighted by Crippen LogP contribution is 2.35. The summed E-state index contributed by atoms with van der Waals surface area (Å²) >= 11 is 1.68. The molecule has 0 aromatic heterocycles. The number of halogens is 1. The van der Waals surface area contributed by atoms with Crippen LogP contribution in [0.3, 0.4) is 0 Å². The zero-order valence-electron chi connectivity index (χ0n) is 12.3. The Labute approximate surface area is 129 Å². The molecule has 5 heteroatoms. The number of carboxylic acid groups (broad SMARTS) is 1. The summed E-state index contributed by atoms with van der Waals surface area (Å²) in [5, 5.41) is 9.47.